The van der Waals surface area contributed by atoms with E-state index in [0.29, 0.717) is 19.5 Å². The molecule has 0 aliphatic heterocycles. The van der Waals surface area contributed by atoms with E-state index in [4.69, 9.17) is 4.74 Å². The van der Waals surface area contributed by atoms with E-state index in [-0.39, 0.29) is 5.91 Å². The van der Waals surface area contributed by atoms with Crippen LogP contribution in [0.15, 0.2) is 36.7 Å². The van der Waals surface area contributed by atoms with Crippen LogP contribution in [0.2, 0.25) is 0 Å². The lowest BCUT2D eigenvalue weighted by Crippen LogP contribution is -2.34. The second kappa shape index (κ2) is 8.48. The molecular formula is C20H26N2O2. The highest BCUT2D eigenvalue weighted by molar-refractivity contribution is 5.80. The maximum Gasteiger partial charge on any atom is 0.227 e. The summed E-state index contributed by atoms with van der Waals surface area (Å²) in [4.78, 5) is 18.7. The molecule has 24 heavy (non-hydrogen) atoms. The van der Waals surface area contributed by atoms with Crippen molar-refractivity contribution in [3.8, 4) is 5.75 Å². The van der Waals surface area contributed by atoms with Crippen LogP contribution in [-0.4, -0.2) is 36.0 Å². The molecule has 2 rings (SSSR count). The number of carbonyl (C=O) groups is 1. The molecule has 0 fully saturated rings. The molecule has 0 N–H and O–H groups in total. The van der Waals surface area contributed by atoms with Gasteiger partial charge in [0.05, 0.1) is 13.5 Å². The maximum absolute atomic E-state index is 12.7. The summed E-state index contributed by atoms with van der Waals surface area (Å²) in [7, 11) is 1.66. The van der Waals surface area contributed by atoms with E-state index in [9.17, 15) is 4.79 Å². The first-order chi connectivity index (χ1) is 11.5. The number of nitrogens with zero attached hydrogens (tertiary/aromatic N) is 2. The average molecular weight is 326 g/mol. The van der Waals surface area contributed by atoms with Crippen molar-refractivity contribution in [2.24, 2.45) is 0 Å². The third-order valence-electron chi connectivity index (χ3n) is 4.28. The van der Waals surface area contributed by atoms with E-state index in [1.54, 1.807) is 19.5 Å². The van der Waals surface area contributed by atoms with Gasteiger partial charge in [0.1, 0.15) is 5.75 Å². The molecule has 0 unspecified atom stereocenters. The Bertz CT molecular complexity index is 684. The minimum atomic E-state index is 0.136. The second-order valence-electron chi connectivity index (χ2n) is 6.02. The van der Waals surface area contributed by atoms with Crippen LogP contribution in [0, 0.1) is 13.8 Å². The number of amides is 1. The Balaban J connectivity index is 2.07. The predicted molar refractivity (Wildman–Crippen MR) is 96.4 cm³/mol. The molecule has 0 saturated heterocycles. The van der Waals surface area contributed by atoms with Crippen molar-refractivity contribution < 1.29 is 9.53 Å². The van der Waals surface area contributed by atoms with Crippen molar-refractivity contribution in [1.82, 2.24) is 9.88 Å². The molecule has 0 spiro atoms. The molecule has 128 valence electrons. The Morgan fingerprint density at radius 1 is 1.21 bits per heavy atom. The molecule has 0 aliphatic carbocycles. The van der Waals surface area contributed by atoms with Gasteiger partial charge in [-0.15, -0.1) is 0 Å². The number of hydrogen-bond acceptors (Lipinski definition) is 3. The molecule has 0 atom stereocenters. The molecule has 2 aromatic rings. The molecule has 0 aliphatic rings. The third-order valence-corrected chi connectivity index (χ3v) is 4.28. The Hall–Kier alpha value is -2.36. The molecule has 0 saturated carbocycles. The van der Waals surface area contributed by atoms with Crippen LogP contribution in [0.4, 0.5) is 0 Å². The topological polar surface area (TPSA) is 42.4 Å². The fraction of sp³-hybridized carbons (Fsp3) is 0.400. The number of rotatable bonds is 7. The number of aromatic nitrogens is 1. The van der Waals surface area contributed by atoms with Gasteiger partial charge in [0.2, 0.25) is 5.91 Å². The summed E-state index contributed by atoms with van der Waals surface area (Å²) in [5.41, 5.74) is 4.42. The van der Waals surface area contributed by atoms with Gasteiger partial charge >= 0.3 is 0 Å². The molecule has 1 aromatic carbocycles. The fourth-order valence-corrected chi connectivity index (χ4v) is 2.90. The Morgan fingerprint density at radius 2 is 1.92 bits per heavy atom. The van der Waals surface area contributed by atoms with Gasteiger partial charge in [0, 0.05) is 31.0 Å². The summed E-state index contributed by atoms with van der Waals surface area (Å²) in [6.45, 7) is 7.51. The van der Waals surface area contributed by atoms with Gasteiger partial charge in [-0.3, -0.25) is 9.78 Å². The normalized spacial score (nSPS) is 10.5. The summed E-state index contributed by atoms with van der Waals surface area (Å²) in [6, 6.07) is 8.07. The number of hydrogen-bond donors (Lipinski definition) is 0. The van der Waals surface area contributed by atoms with Crippen molar-refractivity contribution in [1.29, 1.82) is 0 Å². The van der Waals surface area contributed by atoms with Crippen LogP contribution < -0.4 is 4.74 Å². The molecule has 0 bridgehead atoms. The molecule has 4 heteroatoms. The lowest BCUT2D eigenvalue weighted by molar-refractivity contribution is -0.130. The lowest BCUT2D eigenvalue weighted by atomic mass is 10.0. The van der Waals surface area contributed by atoms with Crippen molar-refractivity contribution >= 4 is 5.91 Å². The average Bonchev–Trinajstić information content (AvgIpc) is 2.58. The molecule has 4 nitrogen and oxygen atoms in total. The van der Waals surface area contributed by atoms with Gasteiger partial charge < -0.3 is 9.64 Å². The quantitative estimate of drug-likeness (QED) is 0.784. The van der Waals surface area contributed by atoms with E-state index >= 15 is 0 Å². The fourth-order valence-electron chi connectivity index (χ4n) is 2.90. The summed E-state index contributed by atoms with van der Waals surface area (Å²) in [6.07, 6.45) is 4.79. The maximum atomic E-state index is 12.7. The Kier molecular flexibility index (Phi) is 6.36. The van der Waals surface area contributed by atoms with Gasteiger partial charge in [0.25, 0.3) is 0 Å². The second-order valence-corrected chi connectivity index (χ2v) is 6.02. The monoisotopic (exact) mass is 326 g/mol. The molecule has 0 radical (unpaired) electrons. The van der Waals surface area contributed by atoms with Crippen molar-refractivity contribution in [3.63, 3.8) is 0 Å². The van der Waals surface area contributed by atoms with Gasteiger partial charge in [-0.25, -0.2) is 0 Å². The Labute approximate surface area is 144 Å². The van der Waals surface area contributed by atoms with Crippen molar-refractivity contribution in [2.75, 3.05) is 20.2 Å². The zero-order valence-electron chi connectivity index (χ0n) is 15.0. The van der Waals surface area contributed by atoms with Crippen LogP contribution in [-0.2, 0) is 17.6 Å². The molecule has 1 aromatic heterocycles. The minimum Gasteiger partial charge on any atom is -0.496 e. The van der Waals surface area contributed by atoms with Crippen LogP contribution >= 0.6 is 0 Å². The highest BCUT2D eigenvalue weighted by Gasteiger charge is 2.17. The summed E-state index contributed by atoms with van der Waals surface area (Å²) < 4.78 is 5.47. The first-order valence-corrected chi connectivity index (χ1v) is 8.36. The van der Waals surface area contributed by atoms with E-state index in [2.05, 4.69) is 11.1 Å². The SMILES string of the molecule is CCN(CCc1ccncc1)C(=O)Cc1c(C)cc(C)cc1OC. The lowest BCUT2D eigenvalue weighted by Gasteiger charge is -2.22. The zero-order chi connectivity index (χ0) is 17.5. The standard InChI is InChI=1S/C20H26N2O2/c1-5-22(11-8-17-6-9-21-10-7-17)20(23)14-18-16(3)12-15(2)13-19(18)24-4/h6-7,9-10,12-13H,5,8,11,14H2,1-4H3. The summed E-state index contributed by atoms with van der Waals surface area (Å²) in [5.74, 6) is 0.933. The van der Waals surface area contributed by atoms with E-state index in [0.717, 1.165) is 28.9 Å². The first kappa shape index (κ1) is 18.0. The first-order valence-electron chi connectivity index (χ1n) is 8.36. The van der Waals surface area contributed by atoms with Crippen molar-refractivity contribution in [3.05, 3.63) is 58.9 Å². The third kappa shape index (κ3) is 4.57. The number of methoxy groups -OCH3 is 1. The van der Waals surface area contributed by atoms with Crippen molar-refractivity contribution in [2.45, 2.75) is 33.6 Å². The van der Waals surface area contributed by atoms with Gasteiger partial charge in [-0.1, -0.05) is 6.07 Å². The minimum absolute atomic E-state index is 0.136. The van der Waals surface area contributed by atoms with Gasteiger partial charge in [-0.05, 0) is 62.1 Å². The smallest absolute Gasteiger partial charge is 0.227 e. The van der Waals surface area contributed by atoms with E-state index in [1.165, 1.54) is 5.56 Å². The zero-order valence-corrected chi connectivity index (χ0v) is 15.0. The highest BCUT2D eigenvalue weighted by atomic mass is 16.5. The van der Waals surface area contributed by atoms with Gasteiger partial charge in [-0.2, -0.15) is 0 Å². The largest absolute Gasteiger partial charge is 0.496 e. The number of benzene rings is 1. The number of aryl methyl sites for hydroxylation is 2. The summed E-state index contributed by atoms with van der Waals surface area (Å²) in [5, 5.41) is 0. The summed E-state index contributed by atoms with van der Waals surface area (Å²) >= 11 is 0. The molecule has 1 amide bonds. The van der Waals surface area contributed by atoms with E-state index in [1.807, 2.05) is 43.9 Å². The van der Waals surface area contributed by atoms with Crippen LogP contribution in [0.1, 0.15) is 29.2 Å². The van der Waals surface area contributed by atoms with E-state index < -0.39 is 0 Å². The van der Waals surface area contributed by atoms with Crippen LogP contribution in [0.3, 0.4) is 0 Å². The number of likely N-dealkylation sites (N-methyl/N-ethyl adjacent to an activating group) is 1. The Morgan fingerprint density at radius 3 is 2.54 bits per heavy atom. The number of pyridine rings is 1. The van der Waals surface area contributed by atoms with Gasteiger partial charge in [0.15, 0.2) is 0 Å². The highest BCUT2D eigenvalue weighted by Crippen LogP contribution is 2.25. The predicted octanol–water partition coefficient (Wildman–Crippen LogP) is 3.34. The van der Waals surface area contributed by atoms with Crippen LogP contribution in [0.5, 0.6) is 5.75 Å². The van der Waals surface area contributed by atoms with Crippen LogP contribution in [0.25, 0.3) is 0 Å². The molecule has 1 heterocycles. The number of carbonyl (C=O) groups excluding carboxylic acids is 1. The molecular weight excluding hydrogens is 300 g/mol. The number of ether oxygens (including phenoxy) is 1.